The standard InChI is InChI=1S/C16H16N2O4/c19-8-13-12(20)7-14(22-13)18-11-6-2-4-9-3-1-5-10(15(9)11)17-16(18)21/h1-6,12-14,19-20H,7-8H2,(H,17,21)/t12-,13+,14+/m0/s1. The molecule has 2 amide bonds. The number of amides is 2. The Bertz CT molecular complexity index is 743. The first-order valence-electron chi connectivity index (χ1n) is 7.25. The van der Waals surface area contributed by atoms with E-state index in [0.29, 0.717) is 0 Å². The van der Waals surface area contributed by atoms with Crippen LogP contribution in [-0.4, -0.2) is 41.3 Å². The molecule has 6 heteroatoms. The molecule has 2 aromatic rings. The van der Waals surface area contributed by atoms with Crippen LogP contribution in [0.25, 0.3) is 10.8 Å². The van der Waals surface area contributed by atoms with Gasteiger partial charge in [-0.3, -0.25) is 4.90 Å². The lowest BCUT2D eigenvalue weighted by atomic mass is 10.0. The van der Waals surface area contributed by atoms with Gasteiger partial charge in [-0.05, 0) is 17.5 Å². The van der Waals surface area contributed by atoms with E-state index < -0.39 is 18.4 Å². The van der Waals surface area contributed by atoms with Crippen LogP contribution in [0, 0.1) is 0 Å². The molecule has 3 N–H and O–H groups in total. The number of carbonyl (C=O) groups excluding carboxylic acids is 1. The molecule has 2 aliphatic heterocycles. The number of hydrogen-bond acceptors (Lipinski definition) is 4. The van der Waals surface area contributed by atoms with E-state index in [4.69, 9.17) is 4.74 Å². The van der Waals surface area contributed by atoms with Crippen LogP contribution in [0.5, 0.6) is 0 Å². The fraction of sp³-hybridized carbons (Fsp3) is 0.312. The molecule has 2 aromatic carbocycles. The van der Waals surface area contributed by atoms with Gasteiger partial charge in [-0.15, -0.1) is 0 Å². The maximum atomic E-state index is 12.5. The average molecular weight is 300 g/mol. The second kappa shape index (κ2) is 4.95. The highest BCUT2D eigenvalue weighted by Crippen LogP contribution is 2.39. The van der Waals surface area contributed by atoms with Crippen molar-refractivity contribution < 1.29 is 19.7 Å². The molecule has 1 saturated heterocycles. The van der Waals surface area contributed by atoms with Crippen molar-refractivity contribution in [2.45, 2.75) is 24.9 Å². The number of aliphatic hydroxyl groups is 2. The van der Waals surface area contributed by atoms with Crippen LogP contribution in [0.3, 0.4) is 0 Å². The fourth-order valence-electron chi connectivity index (χ4n) is 3.23. The van der Waals surface area contributed by atoms with Gasteiger partial charge in [0.15, 0.2) is 0 Å². The van der Waals surface area contributed by atoms with Crippen molar-refractivity contribution in [2.75, 3.05) is 16.8 Å². The normalized spacial score (nSPS) is 27.3. The SMILES string of the molecule is O=C1Nc2cccc3cccc(c23)N1[C@H]1C[C@H](O)[C@@H](CO)O1. The quantitative estimate of drug-likeness (QED) is 0.788. The van der Waals surface area contributed by atoms with E-state index >= 15 is 0 Å². The number of nitrogens with zero attached hydrogens (tertiary/aromatic N) is 1. The van der Waals surface area contributed by atoms with Gasteiger partial charge in [0.2, 0.25) is 0 Å². The number of aliphatic hydroxyl groups excluding tert-OH is 2. The molecule has 1 fully saturated rings. The van der Waals surface area contributed by atoms with Gasteiger partial charge in [0, 0.05) is 11.8 Å². The van der Waals surface area contributed by atoms with Gasteiger partial charge in [0.1, 0.15) is 12.3 Å². The molecule has 0 unspecified atom stereocenters. The Morgan fingerprint density at radius 1 is 1.27 bits per heavy atom. The molecular weight excluding hydrogens is 284 g/mol. The number of rotatable bonds is 2. The van der Waals surface area contributed by atoms with Crippen LogP contribution in [-0.2, 0) is 4.74 Å². The zero-order valence-electron chi connectivity index (χ0n) is 11.8. The molecule has 0 aliphatic carbocycles. The lowest BCUT2D eigenvalue weighted by molar-refractivity contribution is -0.0201. The average Bonchev–Trinajstić information content (AvgIpc) is 2.88. The molecule has 22 heavy (non-hydrogen) atoms. The number of urea groups is 1. The Hall–Kier alpha value is -2.15. The van der Waals surface area contributed by atoms with Crippen LogP contribution in [0.2, 0.25) is 0 Å². The van der Waals surface area contributed by atoms with Gasteiger partial charge >= 0.3 is 6.03 Å². The summed E-state index contributed by atoms with van der Waals surface area (Å²) in [5.41, 5.74) is 1.53. The summed E-state index contributed by atoms with van der Waals surface area (Å²) < 4.78 is 5.64. The zero-order chi connectivity index (χ0) is 15.3. The fourth-order valence-corrected chi connectivity index (χ4v) is 3.23. The lowest BCUT2D eigenvalue weighted by Gasteiger charge is -2.33. The number of ether oxygens (including phenoxy) is 1. The smallest absolute Gasteiger partial charge is 0.328 e. The Morgan fingerprint density at radius 2 is 2.05 bits per heavy atom. The third kappa shape index (κ3) is 1.89. The summed E-state index contributed by atoms with van der Waals surface area (Å²) in [6, 6.07) is 11.2. The summed E-state index contributed by atoms with van der Waals surface area (Å²) in [6.45, 7) is -0.270. The maximum absolute atomic E-state index is 12.5. The molecule has 2 heterocycles. The Labute approximate surface area is 126 Å². The zero-order valence-corrected chi connectivity index (χ0v) is 11.8. The van der Waals surface area contributed by atoms with E-state index in [1.807, 2.05) is 36.4 Å². The largest absolute Gasteiger partial charge is 0.394 e. The van der Waals surface area contributed by atoms with E-state index in [1.165, 1.54) is 4.90 Å². The molecule has 4 rings (SSSR count). The highest BCUT2D eigenvalue weighted by atomic mass is 16.5. The van der Waals surface area contributed by atoms with Crippen molar-refractivity contribution in [1.29, 1.82) is 0 Å². The second-order valence-corrected chi connectivity index (χ2v) is 5.60. The summed E-state index contributed by atoms with van der Waals surface area (Å²) in [6.07, 6.45) is -1.75. The predicted octanol–water partition coefficient (Wildman–Crippen LogP) is 1.66. The monoisotopic (exact) mass is 300 g/mol. The van der Waals surface area contributed by atoms with Crippen LogP contribution < -0.4 is 10.2 Å². The van der Waals surface area contributed by atoms with Gasteiger partial charge < -0.3 is 20.3 Å². The predicted molar refractivity (Wildman–Crippen MR) is 81.8 cm³/mol. The molecule has 114 valence electrons. The van der Waals surface area contributed by atoms with Crippen molar-refractivity contribution in [3.8, 4) is 0 Å². The Kier molecular flexibility index (Phi) is 3.04. The van der Waals surface area contributed by atoms with Crippen molar-refractivity contribution in [3.63, 3.8) is 0 Å². The number of nitrogens with one attached hydrogen (secondary N) is 1. The summed E-state index contributed by atoms with van der Waals surface area (Å²) >= 11 is 0. The molecule has 2 aliphatic rings. The molecule has 3 atom stereocenters. The van der Waals surface area contributed by atoms with E-state index in [0.717, 1.165) is 22.1 Å². The van der Waals surface area contributed by atoms with Crippen LogP contribution in [0.15, 0.2) is 36.4 Å². The first-order chi connectivity index (χ1) is 10.7. The molecular formula is C16H16N2O4. The van der Waals surface area contributed by atoms with Crippen LogP contribution in [0.4, 0.5) is 16.2 Å². The Balaban J connectivity index is 1.81. The lowest BCUT2D eigenvalue weighted by Crippen LogP contribution is -2.45. The van der Waals surface area contributed by atoms with Gasteiger partial charge in [0.05, 0.1) is 24.1 Å². The van der Waals surface area contributed by atoms with Crippen molar-refractivity contribution in [2.24, 2.45) is 0 Å². The van der Waals surface area contributed by atoms with Crippen molar-refractivity contribution >= 4 is 28.2 Å². The van der Waals surface area contributed by atoms with Gasteiger partial charge in [-0.1, -0.05) is 24.3 Å². The summed E-state index contributed by atoms with van der Waals surface area (Å²) in [5, 5.41) is 24.0. The molecule has 0 bridgehead atoms. The number of benzene rings is 2. The molecule has 0 radical (unpaired) electrons. The summed E-state index contributed by atoms with van der Waals surface area (Å²) in [5.74, 6) is 0. The topological polar surface area (TPSA) is 82.0 Å². The highest BCUT2D eigenvalue weighted by Gasteiger charge is 2.41. The molecule has 0 spiro atoms. The van der Waals surface area contributed by atoms with Gasteiger partial charge in [-0.25, -0.2) is 4.79 Å². The minimum Gasteiger partial charge on any atom is -0.394 e. The van der Waals surface area contributed by atoms with Gasteiger partial charge in [0.25, 0.3) is 0 Å². The highest BCUT2D eigenvalue weighted by molar-refractivity contribution is 6.18. The summed E-state index contributed by atoms with van der Waals surface area (Å²) in [7, 11) is 0. The van der Waals surface area contributed by atoms with E-state index in [-0.39, 0.29) is 19.1 Å². The third-order valence-electron chi connectivity index (χ3n) is 4.27. The minimum atomic E-state index is -0.779. The van der Waals surface area contributed by atoms with E-state index in [1.54, 1.807) is 0 Å². The molecule has 6 nitrogen and oxygen atoms in total. The number of hydrogen-bond donors (Lipinski definition) is 3. The third-order valence-corrected chi connectivity index (χ3v) is 4.27. The summed E-state index contributed by atoms with van der Waals surface area (Å²) in [4.78, 5) is 14.0. The number of anilines is 2. The molecule has 0 saturated carbocycles. The maximum Gasteiger partial charge on any atom is 0.328 e. The Morgan fingerprint density at radius 3 is 2.77 bits per heavy atom. The second-order valence-electron chi connectivity index (χ2n) is 5.60. The van der Waals surface area contributed by atoms with Crippen LogP contribution >= 0.6 is 0 Å². The molecule has 0 aromatic heterocycles. The van der Waals surface area contributed by atoms with Crippen molar-refractivity contribution in [3.05, 3.63) is 36.4 Å². The first-order valence-corrected chi connectivity index (χ1v) is 7.25. The first kappa shape index (κ1) is 13.5. The van der Waals surface area contributed by atoms with Gasteiger partial charge in [-0.2, -0.15) is 0 Å². The van der Waals surface area contributed by atoms with E-state index in [9.17, 15) is 15.0 Å². The minimum absolute atomic E-state index is 0.270. The van der Waals surface area contributed by atoms with Crippen LogP contribution in [0.1, 0.15) is 6.42 Å². The number of carbonyl (C=O) groups is 1. The van der Waals surface area contributed by atoms with E-state index in [2.05, 4.69) is 5.32 Å². The van der Waals surface area contributed by atoms with Crippen molar-refractivity contribution in [1.82, 2.24) is 0 Å².